The smallest absolute Gasteiger partial charge is 0.228 e. The first-order valence-corrected chi connectivity index (χ1v) is 14.3. The van der Waals surface area contributed by atoms with E-state index in [4.69, 9.17) is 15.5 Å². The van der Waals surface area contributed by atoms with Crippen LogP contribution in [-0.2, 0) is 20.9 Å². The van der Waals surface area contributed by atoms with Gasteiger partial charge in [0.25, 0.3) is 0 Å². The van der Waals surface area contributed by atoms with Gasteiger partial charge < -0.3 is 24.7 Å². The van der Waals surface area contributed by atoms with Crippen molar-refractivity contribution < 1.29 is 14.3 Å². The third-order valence-electron chi connectivity index (χ3n) is 8.92. The molecule has 2 aromatic rings. The predicted octanol–water partition coefficient (Wildman–Crippen LogP) is 3.19. The van der Waals surface area contributed by atoms with Crippen LogP contribution in [0.4, 0.5) is 0 Å². The van der Waals surface area contributed by atoms with Gasteiger partial charge in [0.2, 0.25) is 5.91 Å². The molecule has 4 atom stereocenters. The summed E-state index contributed by atoms with van der Waals surface area (Å²) in [5.41, 5.74) is 8.71. The number of methoxy groups -OCH3 is 1. The summed E-state index contributed by atoms with van der Waals surface area (Å²) in [5, 5.41) is 0. The Labute approximate surface area is 220 Å². The summed E-state index contributed by atoms with van der Waals surface area (Å²) < 4.78 is 7.63. The van der Waals surface area contributed by atoms with E-state index in [9.17, 15) is 9.59 Å². The number of aryl methyl sites for hydroxylation is 1. The zero-order valence-corrected chi connectivity index (χ0v) is 22.3. The Kier molecular flexibility index (Phi) is 8.57. The first-order valence-electron chi connectivity index (χ1n) is 14.3. The Morgan fingerprint density at radius 1 is 1.14 bits per heavy atom. The second-order valence-corrected chi connectivity index (χ2v) is 11.3. The number of nitrogens with two attached hydrogens (primary N) is 1. The maximum absolute atomic E-state index is 13.8. The van der Waals surface area contributed by atoms with E-state index < -0.39 is 0 Å². The number of ether oxygens (including phenoxy) is 1. The lowest BCUT2D eigenvalue weighted by atomic mass is 9.84. The molecule has 3 fully saturated rings. The Bertz CT molecular complexity index is 1060. The largest absolute Gasteiger partial charge is 0.385 e. The summed E-state index contributed by atoms with van der Waals surface area (Å²) in [7, 11) is 1.73. The van der Waals surface area contributed by atoms with Crippen LogP contribution in [0.5, 0.6) is 0 Å². The van der Waals surface area contributed by atoms with Gasteiger partial charge in [-0.25, -0.2) is 4.98 Å². The zero-order valence-electron chi connectivity index (χ0n) is 22.3. The molecule has 3 heterocycles. The van der Waals surface area contributed by atoms with Gasteiger partial charge in [0.05, 0.1) is 23.0 Å². The van der Waals surface area contributed by atoms with Crippen molar-refractivity contribution in [2.24, 2.45) is 17.6 Å². The van der Waals surface area contributed by atoms with E-state index in [0.29, 0.717) is 32.2 Å². The van der Waals surface area contributed by atoms with Gasteiger partial charge in [0, 0.05) is 58.4 Å². The highest BCUT2D eigenvalue weighted by atomic mass is 16.5. The monoisotopic (exact) mass is 509 g/mol. The number of carbonyl (C=O) groups is 2. The normalized spacial score (nSPS) is 26.5. The van der Waals surface area contributed by atoms with Crippen LogP contribution < -0.4 is 5.73 Å². The van der Waals surface area contributed by atoms with E-state index in [0.717, 1.165) is 68.3 Å². The summed E-state index contributed by atoms with van der Waals surface area (Å²) in [4.78, 5) is 35.1. The van der Waals surface area contributed by atoms with Crippen molar-refractivity contribution in [3.8, 4) is 0 Å². The van der Waals surface area contributed by atoms with E-state index in [2.05, 4.69) is 27.7 Å². The number of para-hydroxylation sites is 2. The number of likely N-dealkylation sites (tertiary alicyclic amines) is 2. The molecule has 2 N–H and O–H groups in total. The Hall–Kier alpha value is -2.29. The molecule has 1 aromatic carbocycles. The van der Waals surface area contributed by atoms with Crippen molar-refractivity contribution in [1.29, 1.82) is 0 Å². The molecular formula is C29H43N5O3. The van der Waals surface area contributed by atoms with Crippen molar-refractivity contribution in [1.82, 2.24) is 19.4 Å². The van der Waals surface area contributed by atoms with Crippen LogP contribution in [0.25, 0.3) is 11.0 Å². The van der Waals surface area contributed by atoms with Crippen LogP contribution in [0, 0.1) is 11.8 Å². The molecule has 0 spiro atoms. The number of rotatable bonds is 9. The molecule has 1 saturated carbocycles. The molecule has 2 saturated heterocycles. The minimum absolute atomic E-state index is 0.106. The minimum atomic E-state index is -0.245. The van der Waals surface area contributed by atoms with E-state index in [1.165, 1.54) is 19.3 Å². The Morgan fingerprint density at radius 2 is 1.95 bits per heavy atom. The summed E-state index contributed by atoms with van der Waals surface area (Å²) in [5.74, 6) is 1.58. The average molecular weight is 510 g/mol. The van der Waals surface area contributed by atoms with Gasteiger partial charge in [-0.1, -0.05) is 31.4 Å². The fourth-order valence-electron chi connectivity index (χ4n) is 6.97. The average Bonchev–Trinajstić information content (AvgIpc) is 3.50. The van der Waals surface area contributed by atoms with Gasteiger partial charge in [-0.05, 0) is 50.2 Å². The van der Waals surface area contributed by atoms with Crippen molar-refractivity contribution in [2.75, 3.05) is 39.9 Å². The fraction of sp³-hybridized carbons (Fsp3) is 0.690. The molecule has 202 valence electrons. The third-order valence-corrected chi connectivity index (χ3v) is 8.92. The van der Waals surface area contributed by atoms with E-state index in [1.807, 2.05) is 11.0 Å². The quantitative estimate of drug-likeness (QED) is 0.412. The van der Waals surface area contributed by atoms with Gasteiger partial charge in [-0.15, -0.1) is 0 Å². The number of piperidine rings is 1. The molecule has 2 aliphatic heterocycles. The van der Waals surface area contributed by atoms with Gasteiger partial charge in [0.15, 0.2) is 0 Å². The van der Waals surface area contributed by atoms with Crippen LogP contribution in [0.1, 0.15) is 63.1 Å². The maximum atomic E-state index is 13.8. The molecule has 3 aliphatic rings. The number of aldehydes is 1. The molecule has 0 radical (unpaired) electrons. The van der Waals surface area contributed by atoms with Crippen molar-refractivity contribution in [3.05, 3.63) is 30.1 Å². The number of imidazole rings is 1. The summed E-state index contributed by atoms with van der Waals surface area (Å²) >= 11 is 0. The van der Waals surface area contributed by atoms with Crippen LogP contribution in [0.2, 0.25) is 0 Å². The van der Waals surface area contributed by atoms with E-state index >= 15 is 0 Å². The molecule has 1 aliphatic carbocycles. The standard InChI is InChI=1S/C29H43N5O3/c1-37-16-8-15-34-26-13-6-5-12-25(26)31-28(34)22-11-7-14-32(17-22)29(36)23-18-33(19-24(23)30)27(20-35)21-9-3-2-4-10-21/h5-6,12-13,20-24,27H,2-4,7-11,14-19,30H2,1H3/t22-,23-,24-,27?/m1/s1. The summed E-state index contributed by atoms with van der Waals surface area (Å²) in [6, 6.07) is 7.96. The van der Waals surface area contributed by atoms with Crippen LogP contribution in [0.15, 0.2) is 24.3 Å². The predicted molar refractivity (Wildman–Crippen MR) is 144 cm³/mol. The first kappa shape index (κ1) is 26.3. The highest BCUT2D eigenvalue weighted by Gasteiger charge is 2.43. The molecule has 1 amide bonds. The number of carbonyl (C=O) groups excluding carboxylic acids is 2. The summed E-state index contributed by atoms with van der Waals surface area (Å²) in [6.45, 7) is 4.22. The number of fused-ring (bicyclic) bond motifs is 1. The van der Waals surface area contributed by atoms with Crippen molar-refractivity contribution in [3.63, 3.8) is 0 Å². The van der Waals surface area contributed by atoms with Crippen molar-refractivity contribution >= 4 is 23.2 Å². The zero-order chi connectivity index (χ0) is 25.8. The van der Waals surface area contributed by atoms with Gasteiger partial charge in [0.1, 0.15) is 12.1 Å². The van der Waals surface area contributed by atoms with Crippen LogP contribution in [-0.4, -0.2) is 83.5 Å². The molecule has 0 bridgehead atoms. The van der Waals surface area contributed by atoms with Crippen LogP contribution >= 0.6 is 0 Å². The second-order valence-electron chi connectivity index (χ2n) is 11.3. The number of hydrogen-bond donors (Lipinski definition) is 1. The summed E-state index contributed by atoms with van der Waals surface area (Å²) in [6.07, 6.45) is 9.88. The minimum Gasteiger partial charge on any atom is -0.385 e. The number of hydrogen-bond acceptors (Lipinski definition) is 6. The van der Waals surface area contributed by atoms with Gasteiger partial charge in [-0.3, -0.25) is 9.69 Å². The second kappa shape index (κ2) is 12.0. The maximum Gasteiger partial charge on any atom is 0.228 e. The molecule has 5 rings (SSSR count). The van der Waals surface area contributed by atoms with E-state index in [-0.39, 0.29) is 29.8 Å². The van der Waals surface area contributed by atoms with Crippen LogP contribution in [0.3, 0.4) is 0 Å². The highest BCUT2D eigenvalue weighted by Crippen LogP contribution is 2.33. The number of nitrogens with zero attached hydrogens (tertiary/aromatic N) is 4. The molecule has 1 aromatic heterocycles. The first-order chi connectivity index (χ1) is 18.1. The molecular weight excluding hydrogens is 466 g/mol. The lowest BCUT2D eigenvalue weighted by Gasteiger charge is -2.35. The lowest BCUT2D eigenvalue weighted by Crippen LogP contribution is -2.47. The van der Waals surface area contributed by atoms with Gasteiger partial charge in [-0.2, -0.15) is 0 Å². The third kappa shape index (κ3) is 5.61. The van der Waals surface area contributed by atoms with Crippen molar-refractivity contribution in [2.45, 2.75) is 75.9 Å². The fourth-order valence-corrected chi connectivity index (χ4v) is 6.97. The topological polar surface area (TPSA) is 93.7 Å². The number of benzene rings is 1. The van der Waals surface area contributed by atoms with Gasteiger partial charge >= 0.3 is 0 Å². The Morgan fingerprint density at radius 3 is 2.73 bits per heavy atom. The SMILES string of the molecule is COCCCn1c([C@@H]2CCCN(C(=O)[C@@H]3CN(C(C=O)C4CCCCC4)C[C@H]3N)C2)nc2ccccc21. The molecule has 1 unspecified atom stereocenters. The molecule has 37 heavy (non-hydrogen) atoms. The number of aromatic nitrogens is 2. The molecule has 8 heteroatoms. The molecule has 8 nitrogen and oxygen atoms in total. The number of amides is 1. The highest BCUT2D eigenvalue weighted by molar-refractivity contribution is 5.81. The van der Waals surface area contributed by atoms with E-state index in [1.54, 1.807) is 7.11 Å². The Balaban J connectivity index is 1.29. The lowest BCUT2D eigenvalue weighted by molar-refractivity contribution is -0.137.